The third-order valence-corrected chi connectivity index (χ3v) is 2.26. The Kier molecular flexibility index (Phi) is 2.34. The normalized spacial score (nSPS) is 15.4. The van der Waals surface area contributed by atoms with Gasteiger partial charge in [-0.2, -0.15) is 0 Å². The summed E-state index contributed by atoms with van der Waals surface area (Å²) < 4.78 is 13.2. The van der Waals surface area contributed by atoms with Crippen LogP contribution in [0.4, 0.5) is 4.39 Å². The molecule has 0 unspecified atom stereocenters. The summed E-state index contributed by atoms with van der Waals surface area (Å²) in [6.07, 6.45) is 1.84. The summed E-state index contributed by atoms with van der Waals surface area (Å²) in [6.45, 7) is 1.71. The first-order chi connectivity index (χ1) is 6.25. The fourth-order valence-electron chi connectivity index (χ4n) is 1.22. The van der Waals surface area contributed by atoms with Gasteiger partial charge in [-0.25, -0.2) is 4.39 Å². The van der Waals surface area contributed by atoms with Crippen LogP contribution in [0.25, 0.3) is 6.08 Å². The van der Waals surface area contributed by atoms with Gasteiger partial charge in [0.15, 0.2) is 0 Å². The van der Waals surface area contributed by atoms with Crippen molar-refractivity contribution in [2.24, 2.45) is 0 Å². The molecule has 3 heteroatoms. The summed E-state index contributed by atoms with van der Waals surface area (Å²) in [7, 11) is 0. The highest BCUT2D eigenvalue weighted by Gasteiger charge is 2.08. The second-order valence-electron chi connectivity index (χ2n) is 3.07. The van der Waals surface area contributed by atoms with Gasteiger partial charge in [-0.1, -0.05) is 17.7 Å². The number of benzene rings is 1. The van der Waals surface area contributed by atoms with Crippen LogP contribution in [0.3, 0.4) is 0 Å². The molecule has 1 N–H and O–H groups in total. The first-order valence-electron chi connectivity index (χ1n) is 4.11. The van der Waals surface area contributed by atoms with Crippen LogP contribution in [0, 0.1) is 5.82 Å². The lowest BCUT2D eigenvalue weighted by Crippen LogP contribution is -2.33. The zero-order chi connectivity index (χ0) is 9.26. The highest BCUT2D eigenvalue weighted by molar-refractivity contribution is 6.30. The average Bonchev–Trinajstić information content (AvgIpc) is 2.03. The van der Waals surface area contributed by atoms with Crippen molar-refractivity contribution in [1.29, 1.82) is 0 Å². The molecule has 0 amide bonds. The first-order valence-corrected chi connectivity index (χ1v) is 4.49. The lowest BCUT2D eigenvalue weighted by molar-refractivity contribution is 0.623. The van der Waals surface area contributed by atoms with Crippen LogP contribution < -0.4 is 5.32 Å². The zero-order valence-electron chi connectivity index (χ0n) is 6.98. The molecule has 1 saturated heterocycles. The van der Waals surface area contributed by atoms with Gasteiger partial charge in [-0.3, -0.25) is 0 Å². The second kappa shape index (κ2) is 3.48. The fraction of sp³-hybridized carbons (Fsp3) is 0.200. The molecule has 1 fully saturated rings. The molecule has 0 saturated carbocycles. The van der Waals surface area contributed by atoms with Crippen LogP contribution in [0.15, 0.2) is 23.8 Å². The molecule has 0 spiro atoms. The zero-order valence-corrected chi connectivity index (χ0v) is 7.74. The third-order valence-electron chi connectivity index (χ3n) is 2.02. The third kappa shape index (κ3) is 1.90. The number of rotatable bonds is 1. The topological polar surface area (TPSA) is 12.0 Å². The molecule has 13 heavy (non-hydrogen) atoms. The molecule has 0 radical (unpaired) electrons. The minimum atomic E-state index is -0.219. The molecule has 0 aliphatic carbocycles. The molecule has 1 aromatic carbocycles. The minimum Gasteiger partial charge on any atom is -0.309 e. The number of hydrogen-bond donors (Lipinski definition) is 1. The Labute approximate surface area is 81.2 Å². The van der Waals surface area contributed by atoms with E-state index in [4.69, 9.17) is 11.6 Å². The maximum atomic E-state index is 13.2. The van der Waals surface area contributed by atoms with E-state index in [0.29, 0.717) is 10.6 Å². The van der Waals surface area contributed by atoms with Crippen molar-refractivity contribution >= 4 is 17.7 Å². The Morgan fingerprint density at radius 2 is 2.15 bits per heavy atom. The van der Waals surface area contributed by atoms with E-state index in [1.54, 1.807) is 12.1 Å². The Morgan fingerprint density at radius 1 is 1.38 bits per heavy atom. The summed E-state index contributed by atoms with van der Waals surface area (Å²) >= 11 is 5.75. The highest BCUT2D eigenvalue weighted by Crippen LogP contribution is 2.18. The Morgan fingerprint density at radius 3 is 2.77 bits per heavy atom. The molecular formula is C10H9ClFN. The SMILES string of the molecule is Fc1ccc(Cl)cc1C=C1CNC1. The summed E-state index contributed by atoms with van der Waals surface area (Å²) in [5.41, 5.74) is 1.78. The van der Waals surface area contributed by atoms with E-state index in [1.807, 2.05) is 6.08 Å². The molecule has 68 valence electrons. The quantitative estimate of drug-likeness (QED) is 0.730. The van der Waals surface area contributed by atoms with E-state index >= 15 is 0 Å². The summed E-state index contributed by atoms with van der Waals surface area (Å²) in [4.78, 5) is 0. The van der Waals surface area contributed by atoms with Gasteiger partial charge in [0.25, 0.3) is 0 Å². The van der Waals surface area contributed by atoms with Crippen molar-refractivity contribution < 1.29 is 4.39 Å². The molecule has 1 heterocycles. The van der Waals surface area contributed by atoms with Gasteiger partial charge >= 0.3 is 0 Å². The summed E-state index contributed by atoms with van der Waals surface area (Å²) in [6, 6.07) is 4.58. The van der Waals surface area contributed by atoms with Gasteiger partial charge in [0, 0.05) is 23.7 Å². The van der Waals surface area contributed by atoms with E-state index in [2.05, 4.69) is 5.32 Å². The maximum Gasteiger partial charge on any atom is 0.130 e. The molecule has 0 bridgehead atoms. The predicted octanol–water partition coefficient (Wildman–Crippen LogP) is 2.47. The monoisotopic (exact) mass is 197 g/mol. The smallest absolute Gasteiger partial charge is 0.130 e. The lowest BCUT2D eigenvalue weighted by Gasteiger charge is -2.18. The van der Waals surface area contributed by atoms with E-state index in [0.717, 1.165) is 13.1 Å². The van der Waals surface area contributed by atoms with Gasteiger partial charge in [-0.15, -0.1) is 0 Å². The molecule has 1 nitrogen and oxygen atoms in total. The molecule has 1 aromatic rings. The number of nitrogens with one attached hydrogen (secondary N) is 1. The predicted molar refractivity (Wildman–Crippen MR) is 52.3 cm³/mol. The van der Waals surface area contributed by atoms with Crippen LogP contribution >= 0.6 is 11.6 Å². The van der Waals surface area contributed by atoms with Gasteiger partial charge < -0.3 is 5.32 Å². The van der Waals surface area contributed by atoms with E-state index in [9.17, 15) is 4.39 Å². The Bertz CT molecular complexity index is 354. The van der Waals surface area contributed by atoms with E-state index in [1.165, 1.54) is 11.6 Å². The largest absolute Gasteiger partial charge is 0.309 e. The van der Waals surface area contributed by atoms with Gasteiger partial charge in [0.1, 0.15) is 5.82 Å². The van der Waals surface area contributed by atoms with Crippen molar-refractivity contribution in [3.05, 3.63) is 40.2 Å². The van der Waals surface area contributed by atoms with Crippen molar-refractivity contribution in [1.82, 2.24) is 5.32 Å². The van der Waals surface area contributed by atoms with Gasteiger partial charge in [-0.05, 0) is 23.8 Å². The van der Waals surface area contributed by atoms with E-state index < -0.39 is 0 Å². The highest BCUT2D eigenvalue weighted by atomic mass is 35.5. The number of halogens is 2. The van der Waals surface area contributed by atoms with Crippen LogP contribution in [-0.4, -0.2) is 13.1 Å². The summed E-state index contributed by atoms with van der Waals surface area (Å²) in [5.74, 6) is -0.219. The van der Waals surface area contributed by atoms with Crippen molar-refractivity contribution in [3.63, 3.8) is 0 Å². The molecule has 1 aliphatic rings. The Balaban J connectivity index is 2.33. The standard InChI is InChI=1S/C10H9ClFN/c11-9-1-2-10(12)8(4-9)3-7-5-13-6-7/h1-4,13H,5-6H2. The van der Waals surface area contributed by atoms with Crippen molar-refractivity contribution in [2.75, 3.05) is 13.1 Å². The first kappa shape index (κ1) is 8.73. The fourth-order valence-corrected chi connectivity index (χ4v) is 1.40. The lowest BCUT2D eigenvalue weighted by atomic mass is 10.1. The van der Waals surface area contributed by atoms with Crippen molar-refractivity contribution in [3.8, 4) is 0 Å². The molecule has 0 aromatic heterocycles. The average molecular weight is 198 g/mol. The number of hydrogen-bond acceptors (Lipinski definition) is 1. The van der Waals surface area contributed by atoms with E-state index in [-0.39, 0.29) is 5.82 Å². The van der Waals surface area contributed by atoms with Crippen LogP contribution in [0.5, 0.6) is 0 Å². The van der Waals surface area contributed by atoms with Crippen LogP contribution in [0.1, 0.15) is 5.56 Å². The summed E-state index contributed by atoms with van der Waals surface area (Å²) in [5, 5.41) is 3.66. The Hall–Kier alpha value is -0.860. The molecule has 2 rings (SSSR count). The van der Waals surface area contributed by atoms with Gasteiger partial charge in [0.2, 0.25) is 0 Å². The minimum absolute atomic E-state index is 0.219. The molecule has 0 atom stereocenters. The molecule has 1 aliphatic heterocycles. The maximum absolute atomic E-state index is 13.2. The van der Waals surface area contributed by atoms with Crippen LogP contribution in [-0.2, 0) is 0 Å². The van der Waals surface area contributed by atoms with Gasteiger partial charge in [0.05, 0.1) is 0 Å². The molecular weight excluding hydrogens is 189 g/mol. The van der Waals surface area contributed by atoms with Crippen molar-refractivity contribution in [2.45, 2.75) is 0 Å². The van der Waals surface area contributed by atoms with Crippen LogP contribution in [0.2, 0.25) is 5.02 Å². The second-order valence-corrected chi connectivity index (χ2v) is 3.51.